The molecule has 11 heteroatoms. The van der Waals surface area contributed by atoms with E-state index in [1.807, 2.05) is 54.6 Å². The lowest BCUT2D eigenvalue weighted by Crippen LogP contribution is -2.60. The maximum atomic E-state index is 14.3. The molecule has 0 radical (unpaired) electrons. The number of hydrogen-bond donors (Lipinski definition) is 3. The molecule has 2 atom stereocenters. The van der Waals surface area contributed by atoms with E-state index < -0.39 is 17.6 Å². The fourth-order valence-corrected chi connectivity index (χ4v) is 8.30. The smallest absolute Gasteiger partial charge is 0.250 e. The van der Waals surface area contributed by atoms with E-state index in [0.717, 1.165) is 48.1 Å². The highest BCUT2D eigenvalue weighted by Gasteiger charge is 2.54. The van der Waals surface area contributed by atoms with Crippen molar-refractivity contribution in [3.63, 3.8) is 0 Å². The van der Waals surface area contributed by atoms with E-state index >= 15 is 0 Å². The van der Waals surface area contributed by atoms with Crippen molar-refractivity contribution in [2.24, 2.45) is 0 Å². The van der Waals surface area contributed by atoms with Gasteiger partial charge in [0.25, 0.3) is 5.91 Å². The lowest BCUT2D eigenvalue weighted by atomic mass is 9.85. The number of anilines is 1. The first-order valence-electron chi connectivity index (χ1n) is 18.3. The van der Waals surface area contributed by atoms with Crippen LogP contribution in [0.4, 0.5) is 10.1 Å². The molecule has 0 aromatic heterocycles. The molecule has 1 spiro atoms. The molecule has 0 unspecified atom stereocenters. The first-order chi connectivity index (χ1) is 24.8. The molecule has 2 saturated heterocycles. The van der Waals surface area contributed by atoms with Crippen LogP contribution >= 0.6 is 0 Å². The number of hydrogen-bond acceptors (Lipinski definition) is 6. The fraction of sp³-hybridized carbons (Fsp3) is 0.450. The number of carbonyl (C=O) groups is 4. The molecular formula is C40H47FN6O4. The van der Waals surface area contributed by atoms with Gasteiger partial charge < -0.3 is 30.7 Å². The van der Waals surface area contributed by atoms with Gasteiger partial charge in [-0.25, -0.2) is 4.39 Å². The minimum atomic E-state index is -0.904. The highest BCUT2D eigenvalue weighted by Crippen LogP contribution is 2.39. The van der Waals surface area contributed by atoms with E-state index in [-0.39, 0.29) is 55.1 Å². The average Bonchev–Trinajstić information content (AvgIpc) is 3.41. The summed E-state index contributed by atoms with van der Waals surface area (Å²) in [5, 5.41) is 9.48. The summed E-state index contributed by atoms with van der Waals surface area (Å²) >= 11 is 0. The Bertz CT molecular complexity index is 1720. The molecule has 3 aromatic rings. The van der Waals surface area contributed by atoms with Crippen molar-refractivity contribution in [3.05, 3.63) is 101 Å². The molecule has 3 fully saturated rings. The van der Waals surface area contributed by atoms with Crippen molar-refractivity contribution in [3.8, 4) is 0 Å². The predicted octanol–water partition coefficient (Wildman–Crippen LogP) is 3.68. The highest BCUT2D eigenvalue weighted by atomic mass is 19.1. The molecule has 4 aliphatic rings. The zero-order chi connectivity index (χ0) is 35.4. The Morgan fingerprint density at radius 3 is 2.29 bits per heavy atom. The Balaban J connectivity index is 1.06. The molecular weight excluding hydrogens is 647 g/mol. The molecule has 1 aliphatic carbocycles. The zero-order valence-corrected chi connectivity index (χ0v) is 29.0. The van der Waals surface area contributed by atoms with Crippen LogP contribution in [-0.2, 0) is 38.6 Å². The topological polar surface area (TPSA) is 114 Å². The summed E-state index contributed by atoms with van der Waals surface area (Å²) in [7, 11) is 0. The maximum Gasteiger partial charge on any atom is 0.250 e. The zero-order valence-electron chi connectivity index (χ0n) is 29.0. The van der Waals surface area contributed by atoms with Gasteiger partial charge in [0.15, 0.2) is 0 Å². The number of piperidine rings is 1. The average molecular weight is 695 g/mol. The molecule has 1 saturated carbocycles. The van der Waals surface area contributed by atoms with E-state index in [2.05, 4.69) is 20.9 Å². The molecule has 4 amide bonds. The third kappa shape index (κ3) is 7.63. The number of benzene rings is 3. The van der Waals surface area contributed by atoms with Gasteiger partial charge in [-0.1, -0.05) is 73.9 Å². The van der Waals surface area contributed by atoms with Crippen molar-refractivity contribution < 1.29 is 23.6 Å². The summed E-state index contributed by atoms with van der Waals surface area (Å²) in [6.45, 7) is 1.45. The summed E-state index contributed by atoms with van der Waals surface area (Å²) in [5.41, 5.74) is 2.97. The van der Waals surface area contributed by atoms with Gasteiger partial charge in [0.05, 0.1) is 12.7 Å². The number of amides is 4. The number of carbonyl (C=O) groups excluding carboxylic acids is 4. The van der Waals surface area contributed by atoms with Crippen LogP contribution in [-0.4, -0.2) is 83.4 Å². The van der Waals surface area contributed by atoms with Crippen LogP contribution in [0, 0.1) is 5.82 Å². The second kappa shape index (κ2) is 15.2. The Hall–Kier alpha value is -4.77. The first-order valence-corrected chi connectivity index (χ1v) is 18.3. The standard InChI is InChI=1S/C40H47FN6O4/c41-31-17-15-28(16-18-31)23-35(44-37(49)34-24-29-9-7-8-10-30(29)25-42-34)38(50)45-21-19-40(20-22-45)39(51)46(27-47(40)33-13-5-2-6-14-33)26-36(48)43-32-11-3-1-4-12-32/h2,5-10,13-18,32,34-35,42H,1,3-4,11-12,19-27H2,(H,43,48)(H,44,49)/t34-,35-/m1/s1. The number of halogens is 1. The molecule has 3 aliphatic heterocycles. The molecule has 3 heterocycles. The van der Waals surface area contributed by atoms with Gasteiger partial charge in [0, 0.05) is 37.8 Å². The number of rotatable bonds is 9. The van der Waals surface area contributed by atoms with E-state index in [1.54, 1.807) is 21.9 Å². The Morgan fingerprint density at radius 2 is 1.57 bits per heavy atom. The van der Waals surface area contributed by atoms with Gasteiger partial charge in [-0.3, -0.25) is 19.2 Å². The van der Waals surface area contributed by atoms with E-state index in [0.29, 0.717) is 38.9 Å². The maximum absolute atomic E-state index is 14.3. The summed E-state index contributed by atoms with van der Waals surface area (Å²) in [5.74, 6) is -1.11. The monoisotopic (exact) mass is 694 g/mol. The third-order valence-corrected chi connectivity index (χ3v) is 11.2. The minimum Gasteiger partial charge on any atom is -0.352 e. The minimum absolute atomic E-state index is 0.00544. The van der Waals surface area contributed by atoms with Gasteiger partial charge in [-0.05, 0) is 73.1 Å². The lowest BCUT2D eigenvalue weighted by Gasteiger charge is -2.44. The van der Waals surface area contributed by atoms with E-state index in [4.69, 9.17) is 0 Å². The van der Waals surface area contributed by atoms with Gasteiger partial charge in [0.1, 0.15) is 23.9 Å². The Labute approximate surface area is 298 Å². The van der Waals surface area contributed by atoms with Crippen LogP contribution < -0.4 is 20.9 Å². The molecule has 10 nitrogen and oxygen atoms in total. The van der Waals surface area contributed by atoms with Crippen LogP contribution in [0.1, 0.15) is 61.6 Å². The molecule has 0 bridgehead atoms. The third-order valence-electron chi connectivity index (χ3n) is 11.2. The normalized spacial score (nSPS) is 20.9. The number of fused-ring (bicyclic) bond motifs is 1. The van der Waals surface area contributed by atoms with Crippen LogP contribution in [0.3, 0.4) is 0 Å². The molecule has 7 rings (SSSR count). The van der Waals surface area contributed by atoms with Gasteiger partial charge in [0.2, 0.25) is 17.7 Å². The van der Waals surface area contributed by atoms with Crippen molar-refractivity contribution in [2.45, 2.75) is 88.0 Å². The molecule has 268 valence electrons. The number of nitrogens with zero attached hydrogens (tertiary/aromatic N) is 3. The van der Waals surface area contributed by atoms with Crippen molar-refractivity contribution in [1.82, 2.24) is 25.8 Å². The Kier molecular flexibility index (Phi) is 10.4. The first kappa shape index (κ1) is 34.7. The van der Waals surface area contributed by atoms with Crippen molar-refractivity contribution >= 4 is 29.3 Å². The number of likely N-dealkylation sites (tertiary alicyclic amines) is 1. The molecule has 3 aromatic carbocycles. The summed E-state index contributed by atoms with van der Waals surface area (Å²) in [4.78, 5) is 60.8. The van der Waals surface area contributed by atoms with Crippen LogP contribution in [0.15, 0.2) is 78.9 Å². The lowest BCUT2D eigenvalue weighted by molar-refractivity contribution is -0.141. The summed E-state index contributed by atoms with van der Waals surface area (Å²) in [6.07, 6.45) is 6.82. The van der Waals surface area contributed by atoms with Gasteiger partial charge in [-0.2, -0.15) is 0 Å². The fourth-order valence-electron chi connectivity index (χ4n) is 8.30. The largest absolute Gasteiger partial charge is 0.352 e. The van der Waals surface area contributed by atoms with Gasteiger partial charge >= 0.3 is 0 Å². The van der Waals surface area contributed by atoms with Crippen LogP contribution in [0.25, 0.3) is 0 Å². The SMILES string of the molecule is O=C(CN1CN(c2ccccc2)C2(CCN(C(=O)[C@@H](Cc3ccc(F)cc3)NC(=O)[C@H]3Cc4ccccc4CN3)CC2)C1=O)NC1CCCCC1. The summed E-state index contributed by atoms with van der Waals surface area (Å²) in [6, 6.07) is 22.5. The molecule has 3 N–H and O–H groups in total. The second-order valence-electron chi connectivity index (χ2n) is 14.5. The number of para-hydroxylation sites is 1. The van der Waals surface area contributed by atoms with Crippen molar-refractivity contribution in [1.29, 1.82) is 0 Å². The quantitative estimate of drug-likeness (QED) is 0.315. The highest BCUT2D eigenvalue weighted by molar-refractivity contribution is 5.97. The summed E-state index contributed by atoms with van der Waals surface area (Å²) < 4.78 is 13.8. The van der Waals surface area contributed by atoms with Gasteiger partial charge in [-0.15, -0.1) is 0 Å². The predicted molar refractivity (Wildman–Crippen MR) is 192 cm³/mol. The van der Waals surface area contributed by atoms with Crippen LogP contribution in [0.2, 0.25) is 0 Å². The molecule has 51 heavy (non-hydrogen) atoms. The van der Waals surface area contributed by atoms with E-state index in [9.17, 15) is 23.6 Å². The van der Waals surface area contributed by atoms with Crippen molar-refractivity contribution in [2.75, 3.05) is 31.2 Å². The number of nitrogens with one attached hydrogen (secondary N) is 3. The second-order valence-corrected chi connectivity index (χ2v) is 14.5. The Morgan fingerprint density at radius 1 is 0.882 bits per heavy atom. The van der Waals surface area contributed by atoms with Crippen LogP contribution in [0.5, 0.6) is 0 Å². The van der Waals surface area contributed by atoms with E-state index in [1.165, 1.54) is 18.6 Å².